The summed E-state index contributed by atoms with van der Waals surface area (Å²) in [6.45, 7) is 3.40. The molecule has 0 heterocycles. The molecule has 0 atom stereocenters. The summed E-state index contributed by atoms with van der Waals surface area (Å²) in [6, 6.07) is 0. The normalized spacial score (nSPS) is 7.80. The Bertz CT molecular complexity index is 122. The molecule has 0 aromatic heterocycles. The van der Waals surface area contributed by atoms with E-state index in [-0.39, 0.29) is 29.6 Å². The molecule has 0 radical (unpaired) electrons. The van der Waals surface area contributed by atoms with Crippen molar-refractivity contribution in [3.8, 4) is 0 Å². The molecule has 4 heteroatoms. The fraction of sp³-hybridized carbons (Fsp3) is 0.667. The van der Waals surface area contributed by atoms with Crippen molar-refractivity contribution >= 4 is 29.1 Å². The number of Topliss-reactive ketones (excluding diaryl/α,β-unsaturated/α-hetero) is 1. The monoisotopic (exact) mass is 160 g/mol. The van der Waals surface area contributed by atoms with Gasteiger partial charge in [0.1, 0.15) is 12.2 Å². The first-order valence-corrected chi connectivity index (χ1v) is 2.82. The third-order valence-corrected chi connectivity index (χ3v) is 0.699. The highest BCUT2D eigenvalue weighted by atomic mass is 27.0. The van der Waals surface area contributed by atoms with E-state index in [2.05, 4.69) is 4.74 Å². The number of hydrogen-bond acceptors (Lipinski definition) is 3. The molecule has 0 saturated heterocycles. The second kappa shape index (κ2) is 6.79. The fourth-order valence-corrected chi connectivity index (χ4v) is 0.415. The van der Waals surface area contributed by atoms with Crippen LogP contribution in [-0.4, -0.2) is 35.7 Å². The largest absolute Gasteiger partial charge is 0.466 e. The lowest BCUT2D eigenvalue weighted by molar-refractivity contribution is -0.145. The molecule has 0 bridgehead atoms. The van der Waals surface area contributed by atoms with E-state index in [4.69, 9.17) is 0 Å². The van der Waals surface area contributed by atoms with Crippen molar-refractivity contribution in [3.05, 3.63) is 0 Å². The number of carbonyl (C=O) groups is 2. The van der Waals surface area contributed by atoms with Crippen molar-refractivity contribution in [3.63, 3.8) is 0 Å². The van der Waals surface area contributed by atoms with Crippen LogP contribution in [0.2, 0.25) is 0 Å². The van der Waals surface area contributed by atoms with Crippen molar-refractivity contribution in [1.29, 1.82) is 0 Å². The van der Waals surface area contributed by atoms with Gasteiger partial charge in [-0.25, -0.2) is 0 Å². The molecule has 0 spiro atoms. The summed E-state index contributed by atoms with van der Waals surface area (Å²) in [5, 5.41) is 0. The first kappa shape index (κ1) is 12.4. The van der Waals surface area contributed by atoms with Crippen LogP contribution in [0.4, 0.5) is 0 Å². The fourth-order valence-electron chi connectivity index (χ4n) is 0.415. The van der Waals surface area contributed by atoms with Gasteiger partial charge in [-0.3, -0.25) is 9.59 Å². The first-order chi connectivity index (χ1) is 4.16. The molecule has 10 heavy (non-hydrogen) atoms. The molecule has 0 aliphatic heterocycles. The maximum absolute atomic E-state index is 10.4. The van der Waals surface area contributed by atoms with E-state index in [0.29, 0.717) is 6.61 Å². The second-order valence-electron chi connectivity index (χ2n) is 1.68. The van der Waals surface area contributed by atoms with Gasteiger partial charge in [0.2, 0.25) is 0 Å². The van der Waals surface area contributed by atoms with Crippen LogP contribution in [0.15, 0.2) is 0 Å². The third-order valence-electron chi connectivity index (χ3n) is 0.699. The lowest BCUT2D eigenvalue weighted by Gasteiger charge is -1.96. The summed E-state index contributed by atoms with van der Waals surface area (Å²) in [5.41, 5.74) is 0. The van der Waals surface area contributed by atoms with E-state index < -0.39 is 5.97 Å². The molecular weight excluding hydrogens is 147 g/mol. The van der Waals surface area contributed by atoms with Crippen molar-refractivity contribution in [2.24, 2.45) is 0 Å². The van der Waals surface area contributed by atoms with Crippen LogP contribution in [0.5, 0.6) is 0 Å². The lowest BCUT2D eigenvalue weighted by atomic mass is 10.3. The summed E-state index contributed by atoms with van der Waals surface area (Å²) in [4.78, 5) is 20.6. The number of ketones is 1. The van der Waals surface area contributed by atoms with E-state index in [9.17, 15) is 9.59 Å². The Morgan fingerprint density at radius 3 is 2.20 bits per heavy atom. The zero-order valence-corrected chi connectivity index (χ0v) is 5.64. The van der Waals surface area contributed by atoms with Crippen LogP contribution < -0.4 is 0 Å². The number of ether oxygens (including phenoxy) is 1. The maximum Gasteiger partial charge on any atom is 0.313 e. The predicted octanol–water partition coefficient (Wildman–Crippen LogP) is -0.655. The summed E-state index contributed by atoms with van der Waals surface area (Å²) in [5.74, 6) is -0.599. The highest BCUT2D eigenvalue weighted by Crippen LogP contribution is 1.86. The molecule has 0 rings (SSSR count). The summed E-state index contributed by atoms with van der Waals surface area (Å²) >= 11 is 0. The average molecular weight is 160 g/mol. The average Bonchev–Trinajstić information content (AvgIpc) is 1.63. The molecule has 0 amide bonds. The quantitative estimate of drug-likeness (QED) is 0.313. The van der Waals surface area contributed by atoms with Gasteiger partial charge in [0.05, 0.1) is 6.61 Å². The van der Waals surface area contributed by atoms with E-state index in [1.54, 1.807) is 6.92 Å². The topological polar surface area (TPSA) is 43.4 Å². The minimum Gasteiger partial charge on any atom is -0.466 e. The molecule has 0 aliphatic carbocycles. The predicted molar refractivity (Wildman–Crippen MR) is 41.9 cm³/mol. The lowest BCUT2D eigenvalue weighted by Crippen LogP contribution is -2.07. The van der Waals surface area contributed by atoms with Gasteiger partial charge >= 0.3 is 5.97 Å². The Hall–Kier alpha value is -0.328. The van der Waals surface area contributed by atoms with Crippen LogP contribution in [0, 0.1) is 0 Å². The number of hydrogen-bond donors (Lipinski definition) is 0. The summed E-state index contributed by atoms with van der Waals surface area (Å²) in [7, 11) is 0. The Morgan fingerprint density at radius 2 is 1.90 bits per heavy atom. The van der Waals surface area contributed by atoms with Gasteiger partial charge in [-0.2, -0.15) is 0 Å². The van der Waals surface area contributed by atoms with Crippen molar-refractivity contribution < 1.29 is 14.3 Å². The SMILES string of the molecule is CCOC(=O)CC(C)=O.[AlH3]. The van der Waals surface area contributed by atoms with Gasteiger partial charge in [0.15, 0.2) is 17.4 Å². The molecule has 58 valence electrons. The van der Waals surface area contributed by atoms with Gasteiger partial charge in [-0.15, -0.1) is 0 Å². The van der Waals surface area contributed by atoms with Gasteiger partial charge in [0.25, 0.3) is 0 Å². The molecule has 0 N–H and O–H groups in total. The van der Waals surface area contributed by atoms with E-state index >= 15 is 0 Å². The van der Waals surface area contributed by atoms with E-state index in [1.165, 1.54) is 6.92 Å². The molecule has 0 unspecified atom stereocenters. The molecule has 3 nitrogen and oxygen atoms in total. The van der Waals surface area contributed by atoms with Crippen molar-refractivity contribution in [2.75, 3.05) is 6.61 Å². The molecular formula is C6H13AlO3. The number of esters is 1. The third kappa shape index (κ3) is 7.67. The van der Waals surface area contributed by atoms with E-state index in [0.717, 1.165) is 0 Å². The number of carbonyl (C=O) groups excluding carboxylic acids is 2. The smallest absolute Gasteiger partial charge is 0.313 e. The molecule has 0 aliphatic rings. The van der Waals surface area contributed by atoms with Crippen LogP contribution in [0.25, 0.3) is 0 Å². The zero-order valence-electron chi connectivity index (χ0n) is 5.64. The Balaban J connectivity index is 0. The van der Waals surface area contributed by atoms with Crippen LogP contribution in [-0.2, 0) is 14.3 Å². The Labute approximate surface area is 70.9 Å². The van der Waals surface area contributed by atoms with Gasteiger partial charge < -0.3 is 4.74 Å². The number of rotatable bonds is 3. The highest BCUT2D eigenvalue weighted by Gasteiger charge is 2.03. The molecule has 0 aromatic carbocycles. The molecule has 0 fully saturated rings. The van der Waals surface area contributed by atoms with Crippen molar-refractivity contribution in [2.45, 2.75) is 20.3 Å². The maximum atomic E-state index is 10.4. The second-order valence-corrected chi connectivity index (χ2v) is 1.68. The zero-order chi connectivity index (χ0) is 7.28. The summed E-state index contributed by atoms with van der Waals surface area (Å²) < 4.78 is 4.49. The van der Waals surface area contributed by atoms with E-state index in [1.807, 2.05) is 0 Å². The van der Waals surface area contributed by atoms with Crippen LogP contribution in [0.3, 0.4) is 0 Å². The molecule has 0 saturated carbocycles. The van der Waals surface area contributed by atoms with Crippen LogP contribution >= 0.6 is 0 Å². The minimum atomic E-state index is -0.440. The Kier molecular flexibility index (Phi) is 8.39. The Morgan fingerprint density at radius 1 is 1.40 bits per heavy atom. The highest BCUT2D eigenvalue weighted by molar-refractivity contribution is 5.94. The van der Waals surface area contributed by atoms with Gasteiger partial charge in [0, 0.05) is 0 Å². The van der Waals surface area contributed by atoms with Gasteiger partial charge in [-0.1, -0.05) is 0 Å². The minimum absolute atomic E-state index is 0. The summed E-state index contributed by atoms with van der Waals surface area (Å²) in [6.07, 6.45) is -0.103. The van der Waals surface area contributed by atoms with Crippen LogP contribution in [0.1, 0.15) is 20.3 Å². The first-order valence-electron chi connectivity index (χ1n) is 2.82. The van der Waals surface area contributed by atoms with Gasteiger partial charge in [-0.05, 0) is 13.8 Å². The molecule has 0 aromatic rings. The van der Waals surface area contributed by atoms with Crippen molar-refractivity contribution in [1.82, 2.24) is 0 Å². The standard InChI is InChI=1S/C6H10O3.Al.3H/c1-3-9-6(8)4-5(2)7;;;;/h3-4H2,1-2H3;;;;.